The Balaban J connectivity index is 1.20. The Kier molecular flexibility index (Phi) is 7.85. The number of nitrogens with zero attached hydrogens (tertiary/aromatic N) is 2. The molecule has 10 rings (SSSR count). The lowest BCUT2D eigenvalue weighted by Gasteiger charge is -2.28. The Hall–Kier alpha value is -7.16. The van der Waals surface area contributed by atoms with E-state index >= 15 is 0 Å². The summed E-state index contributed by atoms with van der Waals surface area (Å²) in [6.07, 6.45) is 0. The van der Waals surface area contributed by atoms with Gasteiger partial charge in [0.15, 0.2) is 0 Å². The van der Waals surface area contributed by atoms with Crippen LogP contribution in [-0.4, -0.2) is 4.57 Å². The van der Waals surface area contributed by atoms with Crippen molar-refractivity contribution in [3.63, 3.8) is 0 Å². The highest BCUT2D eigenvalue weighted by Crippen LogP contribution is 2.45. The lowest BCUT2D eigenvalue weighted by Crippen LogP contribution is -2.11. The topological polar surface area (TPSA) is 8.17 Å². The Bertz CT molecular complexity index is 2910. The molecule has 9 aromatic carbocycles. The van der Waals surface area contributed by atoms with Crippen molar-refractivity contribution in [1.29, 1.82) is 0 Å². The number of anilines is 3. The minimum atomic E-state index is 1.09. The van der Waals surface area contributed by atoms with Crippen LogP contribution in [0.3, 0.4) is 0 Å². The zero-order valence-electron chi connectivity index (χ0n) is 29.7. The first-order chi connectivity index (χ1) is 26.8. The van der Waals surface area contributed by atoms with E-state index in [9.17, 15) is 0 Å². The molecule has 1 heterocycles. The van der Waals surface area contributed by atoms with Crippen molar-refractivity contribution >= 4 is 49.6 Å². The zero-order chi connectivity index (χ0) is 35.8. The SMILES string of the molecule is c1ccc(-c2ccc(N(c3cccc(-c4cccc5c4c4c6ccccc6ccc4n5-c4ccccc4)c3)c3ccccc3-c3ccccc3)cc2)cc1. The standard InChI is InChI=1S/C52H36N2/c1-4-16-37(17-5-1)38-30-33-43(34-31-38)53(48-28-13-12-25-45(48)39-18-6-2-7-19-39)44-24-14-21-41(36-44)47-27-15-29-49-52(47)51-46-26-11-10-20-40(46)32-35-50(51)54(49)42-22-8-3-9-23-42/h1-36H. The van der Waals surface area contributed by atoms with Gasteiger partial charge >= 0.3 is 0 Å². The molecule has 10 aromatic rings. The summed E-state index contributed by atoms with van der Waals surface area (Å²) in [6, 6.07) is 78.8. The third-order valence-corrected chi connectivity index (χ3v) is 10.6. The average molecular weight is 689 g/mol. The molecule has 0 aliphatic rings. The number of hydrogen-bond donors (Lipinski definition) is 0. The maximum absolute atomic E-state index is 2.42. The summed E-state index contributed by atoms with van der Waals surface area (Å²) in [5, 5.41) is 5.03. The highest BCUT2D eigenvalue weighted by Gasteiger charge is 2.21. The summed E-state index contributed by atoms with van der Waals surface area (Å²) in [5.74, 6) is 0. The van der Waals surface area contributed by atoms with E-state index in [1.54, 1.807) is 0 Å². The fourth-order valence-electron chi connectivity index (χ4n) is 8.13. The van der Waals surface area contributed by atoms with E-state index in [1.807, 2.05) is 0 Å². The minimum absolute atomic E-state index is 1.09. The van der Waals surface area contributed by atoms with Crippen LogP contribution in [-0.2, 0) is 0 Å². The average Bonchev–Trinajstić information content (AvgIpc) is 3.60. The number of benzene rings is 9. The third kappa shape index (κ3) is 5.44. The Morgan fingerprint density at radius 3 is 1.72 bits per heavy atom. The zero-order valence-corrected chi connectivity index (χ0v) is 29.7. The monoisotopic (exact) mass is 688 g/mol. The molecule has 0 N–H and O–H groups in total. The Labute approximate surface area is 315 Å². The lowest BCUT2D eigenvalue weighted by molar-refractivity contribution is 1.18. The van der Waals surface area contributed by atoms with E-state index in [4.69, 9.17) is 0 Å². The molecule has 54 heavy (non-hydrogen) atoms. The lowest BCUT2D eigenvalue weighted by atomic mass is 9.96. The van der Waals surface area contributed by atoms with Gasteiger partial charge in [0, 0.05) is 33.4 Å². The van der Waals surface area contributed by atoms with Gasteiger partial charge in [0.25, 0.3) is 0 Å². The van der Waals surface area contributed by atoms with Crippen molar-refractivity contribution < 1.29 is 0 Å². The van der Waals surface area contributed by atoms with Crippen LogP contribution in [0.5, 0.6) is 0 Å². The van der Waals surface area contributed by atoms with Gasteiger partial charge < -0.3 is 9.47 Å². The van der Waals surface area contributed by atoms with Crippen molar-refractivity contribution in [3.05, 3.63) is 218 Å². The summed E-state index contributed by atoms with van der Waals surface area (Å²) in [5.41, 5.74) is 14.0. The van der Waals surface area contributed by atoms with Gasteiger partial charge in [0.1, 0.15) is 0 Å². The maximum atomic E-state index is 2.42. The van der Waals surface area contributed by atoms with Gasteiger partial charge in [-0.15, -0.1) is 0 Å². The molecule has 2 heteroatoms. The second-order valence-corrected chi connectivity index (χ2v) is 13.7. The fraction of sp³-hybridized carbons (Fsp3) is 0. The number of para-hydroxylation sites is 2. The van der Waals surface area contributed by atoms with Gasteiger partial charge in [-0.1, -0.05) is 164 Å². The first-order valence-corrected chi connectivity index (χ1v) is 18.5. The van der Waals surface area contributed by atoms with Crippen LogP contribution in [0.15, 0.2) is 218 Å². The number of fused-ring (bicyclic) bond motifs is 5. The van der Waals surface area contributed by atoms with Gasteiger partial charge in [-0.2, -0.15) is 0 Å². The van der Waals surface area contributed by atoms with Crippen LogP contribution < -0.4 is 4.90 Å². The van der Waals surface area contributed by atoms with Crippen molar-refractivity contribution in [2.75, 3.05) is 4.90 Å². The van der Waals surface area contributed by atoms with Crippen LogP contribution in [0.4, 0.5) is 17.1 Å². The first-order valence-electron chi connectivity index (χ1n) is 18.5. The molecule has 0 saturated heterocycles. The highest BCUT2D eigenvalue weighted by molar-refractivity contribution is 6.25. The Morgan fingerprint density at radius 2 is 0.926 bits per heavy atom. The minimum Gasteiger partial charge on any atom is -0.310 e. The molecule has 0 radical (unpaired) electrons. The Morgan fingerprint density at radius 1 is 0.333 bits per heavy atom. The molecule has 0 spiro atoms. The van der Waals surface area contributed by atoms with Crippen LogP contribution in [0.1, 0.15) is 0 Å². The second kappa shape index (κ2) is 13.4. The maximum Gasteiger partial charge on any atom is 0.0547 e. The summed E-state index contributed by atoms with van der Waals surface area (Å²) in [7, 11) is 0. The second-order valence-electron chi connectivity index (χ2n) is 13.7. The number of hydrogen-bond acceptors (Lipinski definition) is 1. The van der Waals surface area contributed by atoms with Gasteiger partial charge in [-0.25, -0.2) is 0 Å². The van der Waals surface area contributed by atoms with Crippen molar-refractivity contribution in [1.82, 2.24) is 4.57 Å². The molecule has 0 fully saturated rings. The van der Waals surface area contributed by atoms with Crippen molar-refractivity contribution in [3.8, 4) is 39.1 Å². The van der Waals surface area contributed by atoms with Crippen molar-refractivity contribution in [2.24, 2.45) is 0 Å². The van der Waals surface area contributed by atoms with Crippen molar-refractivity contribution in [2.45, 2.75) is 0 Å². The quantitative estimate of drug-likeness (QED) is 0.162. The number of aromatic nitrogens is 1. The molecule has 254 valence electrons. The molecular weight excluding hydrogens is 653 g/mol. The predicted octanol–water partition coefficient (Wildman–Crippen LogP) is 14.4. The van der Waals surface area contributed by atoms with Gasteiger partial charge in [0.05, 0.1) is 16.7 Å². The highest BCUT2D eigenvalue weighted by atomic mass is 15.1. The predicted molar refractivity (Wildman–Crippen MR) is 229 cm³/mol. The van der Waals surface area contributed by atoms with Crippen LogP contribution >= 0.6 is 0 Å². The molecule has 0 bridgehead atoms. The molecule has 0 unspecified atom stereocenters. The fourth-order valence-corrected chi connectivity index (χ4v) is 8.13. The third-order valence-electron chi connectivity index (χ3n) is 10.6. The summed E-state index contributed by atoms with van der Waals surface area (Å²) < 4.78 is 2.42. The van der Waals surface area contributed by atoms with Crippen LogP contribution in [0.25, 0.3) is 71.6 Å². The smallest absolute Gasteiger partial charge is 0.0547 e. The molecule has 2 nitrogen and oxygen atoms in total. The van der Waals surface area contributed by atoms with Gasteiger partial charge in [-0.05, 0) is 93.2 Å². The van der Waals surface area contributed by atoms with E-state index in [1.165, 1.54) is 66.0 Å². The van der Waals surface area contributed by atoms with Crippen LogP contribution in [0, 0.1) is 0 Å². The van der Waals surface area contributed by atoms with E-state index in [2.05, 4.69) is 228 Å². The molecular formula is C52H36N2. The van der Waals surface area contributed by atoms with Crippen LogP contribution in [0.2, 0.25) is 0 Å². The summed E-state index contributed by atoms with van der Waals surface area (Å²) in [6.45, 7) is 0. The van der Waals surface area contributed by atoms with E-state index in [0.717, 1.165) is 22.7 Å². The van der Waals surface area contributed by atoms with Gasteiger partial charge in [0.2, 0.25) is 0 Å². The van der Waals surface area contributed by atoms with Gasteiger partial charge in [-0.3, -0.25) is 0 Å². The molecule has 0 amide bonds. The number of rotatable bonds is 7. The van der Waals surface area contributed by atoms with E-state index in [0.29, 0.717) is 0 Å². The summed E-state index contributed by atoms with van der Waals surface area (Å²) in [4.78, 5) is 2.41. The normalized spacial score (nSPS) is 11.3. The summed E-state index contributed by atoms with van der Waals surface area (Å²) >= 11 is 0. The first kappa shape index (κ1) is 31.6. The van der Waals surface area contributed by atoms with E-state index in [-0.39, 0.29) is 0 Å². The molecule has 0 aliphatic heterocycles. The molecule has 1 aromatic heterocycles. The molecule has 0 atom stereocenters. The molecule has 0 saturated carbocycles. The largest absolute Gasteiger partial charge is 0.310 e. The van der Waals surface area contributed by atoms with E-state index < -0.39 is 0 Å². The molecule has 0 aliphatic carbocycles.